The highest BCUT2D eigenvalue weighted by molar-refractivity contribution is 7.10. The fourth-order valence-electron chi connectivity index (χ4n) is 2.53. The molecule has 0 saturated carbocycles. The van der Waals surface area contributed by atoms with Gasteiger partial charge in [0.1, 0.15) is 0 Å². The molecule has 2 rings (SSSR count). The minimum absolute atomic E-state index is 0.611. The monoisotopic (exact) mass is 238 g/mol. The van der Waals surface area contributed by atoms with Crippen molar-refractivity contribution in [3.63, 3.8) is 0 Å². The van der Waals surface area contributed by atoms with Crippen molar-refractivity contribution in [2.24, 2.45) is 5.92 Å². The summed E-state index contributed by atoms with van der Waals surface area (Å²) in [5.41, 5.74) is 0. The van der Waals surface area contributed by atoms with Crippen molar-refractivity contribution in [3.8, 4) is 0 Å². The van der Waals surface area contributed by atoms with Gasteiger partial charge in [-0.05, 0) is 30.3 Å². The number of thiophene rings is 1. The fourth-order valence-corrected chi connectivity index (χ4v) is 3.57. The number of hydrogen-bond donors (Lipinski definition) is 1. The van der Waals surface area contributed by atoms with Crippen LogP contribution in [-0.2, 0) is 0 Å². The molecule has 0 amide bonds. The summed E-state index contributed by atoms with van der Waals surface area (Å²) in [5, 5.41) is 5.67. The molecule has 3 heteroatoms. The molecule has 0 aliphatic carbocycles. The second kappa shape index (κ2) is 5.80. The highest BCUT2D eigenvalue weighted by Crippen LogP contribution is 2.31. The van der Waals surface area contributed by atoms with Crippen molar-refractivity contribution in [2.75, 3.05) is 26.2 Å². The zero-order valence-corrected chi connectivity index (χ0v) is 11.1. The lowest BCUT2D eigenvalue weighted by molar-refractivity contribution is 0.169. The van der Waals surface area contributed by atoms with E-state index in [9.17, 15) is 0 Å². The van der Waals surface area contributed by atoms with E-state index in [0.29, 0.717) is 12.0 Å². The Morgan fingerprint density at radius 3 is 2.88 bits per heavy atom. The van der Waals surface area contributed by atoms with Crippen LogP contribution in [0.15, 0.2) is 17.5 Å². The van der Waals surface area contributed by atoms with Crippen molar-refractivity contribution in [1.82, 2.24) is 10.2 Å². The van der Waals surface area contributed by atoms with Gasteiger partial charge < -0.3 is 5.32 Å². The molecular formula is C13H22N2S. The Morgan fingerprint density at radius 1 is 1.31 bits per heavy atom. The molecule has 0 bridgehead atoms. The molecule has 90 valence electrons. The molecule has 0 radical (unpaired) electrons. The Hall–Kier alpha value is -0.380. The van der Waals surface area contributed by atoms with E-state index in [1.165, 1.54) is 30.9 Å². The van der Waals surface area contributed by atoms with Crippen LogP contribution in [0.4, 0.5) is 0 Å². The van der Waals surface area contributed by atoms with E-state index in [0.717, 1.165) is 6.54 Å². The molecule has 1 fully saturated rings. The summed E-state index contributed by atoms with van der Waals surface area (Å²) in [6, 6.07) is 5.07. The summed E-state index contributed by atoms with van der Waals surface area (Å²) in [4.78, 5) is 4.17. The Morgan fingerprint density at radius 2 is 2.19 bits per heavy atom. The number of hydrogen-bond acceptors (Lipinski definition) is 3. The molecule has 2 nitrogen and oxygen atoms in total. The molecule has 1 aliphatic rings. The minimum Gasteiger partial charge on any atom is -0.315 e. The molecule has 0 spiro atoms. The van der Waals surface area contributed by atoms with Gasteiger partial charge >= 0.3 is 0 Å². The maximum atomic E-state index is 3.48. The van der Waals surface area contributed by atoms with Gasteiger partial charge in [-0.3, -0.25) is 4.90 Å². The lowest BCUT2D eigenvalue weighted by Gasteiger charge is -2.32. The molecular weight excluding hydrogens is 216 g/mol. The van der Waals surface area contributed by atoms with Gasteiger partial charge in [-0.2, -0.15) is 0 Å². The first-order chi connectivity index (χ1) is 7.79. The van der Waals surface area contributed by atoms with E-state index in [4.69, 9.17) is 0 Å². The van der Waals surface area contributed by atoms with Crippen LogP contribution < -0.4 is 5.32 Å². The number of nitrogens with zero attached hydrogens (tertiary/aromatic N) is 1. The molecule has 1 atom stereocenters. The van der Waals surface area contributed by atoms with Gasteiger partial charge in [0.15, 0.2) is 0 Å². The topological polar surface area (TPSA) is 15.3 Å². The summed E-state index contributed by atoms with van der Waals surface area (Å²) in [6.07, 6.45) is 1.27. The fraction of sp³-hybridized carbons (Fsp3) is 0.692. The lowest BCUT2D eigenvalue weighted by Crippen LogP contribution is -2.34. The first-order valence-electron chi connectivity index (χ1n) is 6.27. The smallest absolute Gasteiger partial charge is 0.0464 e. The SMILES string of the molecule is CC(C)C(c1cccs1)N1CCCNCC1. The third-order valence-electron chi connectivity index (χ3n) is 3.23. The molecule has 16 heavy (non-hydrogen) atoms. The van der Waals surface area contributed by atoms with Crippen LogP contribution in [0.1, 0.15) is 31.2 Å². The first kappa shape index (κ1) is 12.1. The largest absolute Gasteiger partial charge is 0.315 e. The molecule has 1 N–H and O–H groups in total. The molecule has 1 aromatic heterocycles. The predicted octanol–water partition coefficient (Wildman–Crippen LogP) is 2.74. The molecule has 1 saturated heterocycles. The standard InChI is InChI=1S/C13H22N2S/c1-11(2)13(12-5-3-10-16-12)15-8-4-6-14-7-9-15/h3,5,10-11,13-14H,4,6-9H2,1-2H3. The zero-order valence-electron chi connectivity index (χ0n) is 10.3. The summed E-state index contributed by atoms with van der Waals surface area (Å²) < 4.78 is 0. The van der Waals surface area contributed by atoms with Crippen LogP contribution in [0.3, 0.4) is 0 Å². The van der Waals surface area contributed by atoms with Crippen LogP contribution in [0.25, 0.3) is 0 Å². The van der Waals surface area contributed by atoms with Crippen LogP contribution >= 0.6 is 11.3 Å². The van der Waals surface area contributed by atoms with Crippen LogP contribution in [0.2, 0.25) is 0 Å². The van der Waals surface area contributed by atoms with Gasteiger partial charge in [0.25, 0.3) is 0 Å². The molecule has 1 aliphatic heterocycles. The van der Waals surface area contributed by atoms with E-state index < -0.39 is 0 Å². The molecule has 0 aromatic carbocycles. The maximum Gasteiger partial charge on any atom is 0.0464 e. The van der Waals surface area contributed by atoms with Crippen molar-refractivity contribution in [3.05, 3.63) is 22.4 Å². The number of nitrogens with one attached hydrogen (secondary N) is 1. The normalized spacial score (nSPS) is 20.9. The Bertz CT molecular complexity index is 287. The summed E-state index contributed by atoms with van der Waals surface area (Å²) >= 11 is 1.90. The average Bonchev–Trinajstić information content (AvgIpc) is 2.62. The van der Waals surface area contributed by atoms with Crippen LogP contribution in [0.5, 0.6) is 0 Å². The number of rotatable bonds is 3. The Balaban J connectivity index is 2.12. The molecule has 2 heterocycles. The zero-order chi connectivity index (χ0) is 11.4. The summed E-state index contributed by atoms with van der Waals surface area (Å²) in [7, 11) is 0. The van der Waals surface area contributed by atoms with Gasteiger partial charge in [-0.15, -0.1) is 11.3 Å². The highest BCUT2D eigenvalue weighted by atomic mass is 32.1. The summed E-state index contributed by atoms with van der Waals surface area (Å²) in [6.45, 7) is 9.39. The van der Waals surface area contributed by atoms with Gasteiger partial charge in [0.2, 0.25) is 0 Å². The van der Waals surface area contributed by atoms with E-state index >= 15 is 0 Å². The van der Waals surface area contributed by atoms with Crippen molar-refractivity contribution in [2.45, 2.75) is 26.3 Å². The van der Waals surface area contributed by atoms with Gasteiger partial charge in [0, 0.05) is 30.6 Å². The summed E-state index contributed by atoms with van der Waals surface area (Å²) in [5.74, 6) is 0.691. The van der Waals surface area contributed by atoms with E-state index in [2.05, 4.69) is 41.6 Å². The molecule has 1 unspecified atom stereocenters. The second-order valence-corrected chi connectivity index (χ2v) is 5.82. The minimum atomic E-state index is 0.611. The van der Waals surface area contributed by atoms with Crippen molar-refractivity contribution < 1.29 is 0 Å². The van der Waals surface area contributed by atoms with Gasteiger partial charge in [-0.25, -0.2) is 0 Å². The quantitative estimate of drug-likeness (QED) is 0.871. The molecule has 1 aromatic rings. The van der Waals surface area contributed by atoms with Crippen molar-refractivity contribution in [1.29, 1.82) is 0 Å². The second-order valence-electron chi connectivity index (χ2n) is 4.84. The predicted molar refractivity (Wildman–Crippen MR) is 71.0 cm³/mol. The van der Waals surface area contributed by atoms with Gasteiger partial charge in [-0.1, -0.05) is 19.9 Å². The third kappa shape index (κ3) is 2.84. The van der Waals surface area contributed by atoms with Gasteiger partial charge in [0.05, 0.1) is 0 Å². The van der Waals surface area contributed by atoms with E-state index in [-0.39, 0.29) is 0 Å². The Labute approximate surface area is 103 Å². The van der Waals surface area contributed by atoms with E-state index in [1.807, 2.05) is 11.3 Å². The first-order valence-corrected chi connectivity index (χ1v) is 7.15. The third-order valence-corrected chi connectivity index (χ3v) is 4.18. The average molecular weight is 238 g/mol. The maximum absolute atomic E-state index is 3.48. The van der Waals surface area contributed by atoms with Crippen molar-refractivity contribution >= 4 is 11.3 Å². The lowest BCUT2D eigenvalue weighted by atomic mass is 10.0. The van der Waals surface area contributed by atoms with Crippen LogP contribution in [0, 0.1) is 5.92 Å². The highest BCUT2D eigenvalue weighted by Gasteiger charge is 2.24. The van der Waals surface area contributed by atoms with Crippen LogP contribution in [-0.4, -0.2) is 31.1 Å². The Kier molecular flexibility index (Phi) is 4.38. The van der Waals surface area contributed by atoms with E-state index in [1.54, 1.807) is 0 Å².